The molecule has 0 saturated carbocycles. The Morgan fingerprint density at radius 3 is 2.68 bits per heavy atom. The number of pyridine rings is 1. The molecule has 0 saturated heterocycles. The van der Waals surface area contributed by atoms with E-state index in [1.165, 1.54) is 17.8 Å². The number of aliphatic hydroxyl groups excluding tert-OH is 1. The first-order chi connectivity index (χ1) is 9.00. The van der Waals surface area contributed by atoms with Gasteiger partial charge in [0.25, 0.3) is 5.69 Å². The van der Waals surface area contributed by atoms with Crippen molar-refractivity contribution in [1.82, 2.24) is 4.98 Å². The minimum absolute atomic E-state index is 0.00450. The molecule has 0 bridgehead atoms. The summed E-state index contributed by atoms with van der Waals surface area (Å²) < 4.78 is 0. The SMILES string of the molecule is CC(O)C(C)Sc1ccc([N+](=O)[O-])c2ccncc12. The summed E-state index contributed by atoms with van der Waals surface area (Å²) in [5.74, 6) is 0. The van der Waals surface area contributed by atoms with Crippen molar-refractivity contribution in [2.24, 2.45) is 0 Å². The van der Waals surface area contributed by atoms with Crippen molar-refractivity contribution in [1.29, 1.82) is 0 Å². The standard InChI is InChI=1S/C13H14N2O3S/c1-8(16)9(2)19-13-4-3-12(15(17)18)10-5-6-14-7-11(10)13/h3-9,16H,1-2H3. The van der Waals surface area contributed by atoms with Crippen LogP contribution in [0.1, 0.15) is 13.8 Å². The number of aliphatic hydroxyl groups is 1. The second-order valence-corrected chi connectivity index (χ2v) is 5.74. The highest BCUT2D eigenvalue weighted by atomic mass is 32.2. The number of hydrogen-bond acceptors (Lipinski definition) is 5. The zero-order chi connectivity index (χ0) is 14.0. The number of hydrogen-bond donors (Lipinski definition) is 1. The fourth-order valence-corrected chi connectivity index (χ4v) is 2.74. The molecule has 5 nitrogen and oxygen atoms in total. The van der Waals surface area contributed by atoms with Crippen molar-refractivity contribution in [3.8, 4) is 0 Å². The first-order valence-corrected chi connectivity index (χ1v) is 6.74. The lowest BCUT2D eigenvalue weighted by atomic mass is 10.1. The number of rotatable bonds is 4. The number of fused-ring (bicyclic) bond motifs is 1. The van der Waals surface area contributed by atoms with E-state index < -0.39 is 11.0 Å². The van der Waals surface area contributed by atoms with Crippen LogP contribution >= 0.6 is 11.8 Å². The zero-order valence-electron chi connectivity index (χ0n) is 10.6. The minimum atomic E-state index is -0.452. The van der Waals surface area contributed by atoms with E-state index >= 15 is 0 Å². The lowest BCUT2D eigenvalue weighted by Gasteiger charge is -2.15. The van der Waals surface area contributed by atoms with E-state index in [2.05, 4.69) is 4.98 Å². The Kier molecular flexibility index (Phi) is 4.01. The van der Waals surface area contributed by atoms with Gasteiger partial charge in [0.15, 0.2) is 0 Å². The van der Waals surface area contributed by atoms with Crippen molar-refractivity contribution in [3.63, 3.8) is 0 Å². The summed E-state index contributed by atoms with van der Waals surface area (Å²) in [6, 6.07) is 4.86. The molecular formula is C13H14N2O3S. The van der Waals surface area contributed by atoms with Crippen LogP contribution < -0.4 is 0 Å². The summed E-state index contributed by atoms with van der Waals surface area (Å²) in [6.07, 6.45) is 2.72. The quantitative estimate of drug-likeness (QED) is 0.528. The Morgan fingerprint density at radius 2 is 2.05 bits per heavy atom. The average molecular weight is 278 g/mol. The van der Waals surface area contributed by atoms with E-state index in [0.29, 0.717) is 5.39 Å². The fourth-order valence-electron chi connectivity index (χ4n) is 1.71. The topological polar surface area (TPSA) is 76.3 Å². The maximum atomic E-state index is 11.0. The van der Waals surface area contributed by atoms with Gasteiger partial charge >= 0.3 is 0 Å². The van der Waals surface area contributed by atoms with Crippen LogP contribution in [-0.4, -0.2) is 26.4 Å². The van der Waals surface area contributed by atoms with Crippen LogP contribution in [0, 0.1) is 10.1 Å². The highest BCUT2D eigenvalue weighted by Gasteiger charge is 2.17. The normalized spacial score (nSPS) is 14.3. The summed E-state index contributed by atoms with van der Waals surface area (Å²) in [5.41, 5.74) is 0.0754. The van der Waals surface area contributed by atoms with Crippen LogP contribution in [0.3, 0.4) is 0 Å². The Morgan fingerprint density at radius 1 is 1.32 bits per heavy atom. The van der Waals surface area contributed by atoms with Crippen molar-refractivity contribution in [2.45, 2.75) is 30.1 Å². The number of nitrogens with zero attached hydrogens (tertiary/aromatic N) is 2. The lowest BCUT2D eigenvalue weighted by molar-refractivity contribution is -0.383. The highest BCUT2D eigenvalue weighted by Crippen LogP contribution is 2.35. The van der Waals surface area contributed by atoms with Gasteiger partial charge in [-0.05, 0) is 19.1 Å². The number of thioether (sulfide) groups is 1. The van der Waals surface area contributed by atoms with Crippen LogP contribution in [0.4, 0.5) is 5.69 Å². The van der Waals surface area contributed by atoms with Crippen LogP contribution in [-0.2, 0) is 0 Å². The number of nitro benzene ring substituents is 1. The van der Waals surface area contributed by atoms with Crippen LogP contribution in [0.2, 0.25) is 0 Å². The first-order valence-electron chi connectivity index (χ1n) is 5.86. The molecule has 2 rings (SSSR count). The van der Waals surface area contributed by atoms with Gasteiger partial charge < -0.3 is 5.11 Å². The van der Waals surface area contributed by atoms with Gasteiger partial charge in [0.05, 0.1) is 16.4 Å². The molecule has 0 aliphatic carbocycles. The number of nitro groups is 1. The molecule has 1 heterocycles. The molecule has 0 aliphatic heterocycles. The summed E-state index contributed by atoms with van der Waals surface area (Å²) >= 11 is 1.49. The van der Waals surface area contributed by atoms with Crippen molar-refractivity contribution in [2.75, 3.05) is 0 Å². The molecule has 2 unspecified atom stereocenters. The first kappa shape index (κ1) is 13.8. The van der Waals surface area contributed by atoms with Gasteiger partial charge in [0.2, 0.25) is 0 Å². The van der Waals surface area contributed by atoms with Crippen LogP contribution in [0.5, 0.6) is 0 Å². The van der Waals surface area contributed by atoms with Crippen molar-refractivity contribution < 1.29 is 10.0 Å². The van der Waals surface area contributed by atoms with Gasteiger partial charge in [0, 0.05) is 34.0 Å². The monoisotopic (exact) mass is 278 g/mol. The molecule has 2 atom stereocenters. The molecule has 0 radical (unpaired) electrons. The smallest absolute Gasteiger partial charge is 0.277 e. The van der Waals surface area contributed by atoms with E-state index in [-0.39, 0.29) is 10.9 Å². The number of non-ortho nitro benzene ring substituents is 1. The second kappa shape index (κ2) is 5.54. The molecule has 6 heteroatoms. The lowest BCUT2D eigenvalue weighted by Crippen LogP contribution is -2.14. The number of aromatic nitrogens is 1. The molecule has 1 aromatic heterocycles. The van der Waals surface area contributed by atoms with E-state index in [1.807, 2.05) is 6.92 Å². The van der Waals surface area contributed by atoms with Gasteiger partial charge in [-0.15, -0.1) is 11.8 Å². The van der Waals surface area contributed by atoms with Gasteiger partial charge in [-0.3, -0.25) is 15.1 Å². The predicted molar refractivity (Wildman–Crippen MR) is 75.4 cm³/mol. The molecule has 0 fully saturated rings. The average Bonchev–Trinajstić information content (AvgIpc) is 2.38. The van der Waals surface area contributed by atoms with Crippen molar-refractivity contribution >= 4 is 28.2 Å². The number of benzene rings is 1. The molecule has 0 spiro atoms. The Hall–Kier alpha value is -1.66. The summed E-state index contributed by atoms with van der Waals surface area (Å²) in [7, 11) is 0. The zero-order valence-corrected chi connectivity index (χ0v) is 11.4. The molecule has 0 amide bonds. The summed E-state index contributed by atoms with van der Waals surface area (Å²) in [6.45, 7) is 3.64. The molecule has 1 N–H and O–H groups in total. The predicted octanol–water partition coefficient (Wildman–Crippen LogP) is 3.00. The Labute approximate surface area is 114 Å². The fraction of sp³-hybridized carbons (Fsp3) is 0.308. The van der Waals surface area contributed by atoms with E-state index in [0.717, 1.165) is 10.3 Å². The Bertz CT molecular complexity index is 616. The second-order valence-electron chi connectivity index (χ2n) is 4.32. The third-order valence-corrected chi connectivity index (χ3v) is 4.32. The molecular weight excluding hydrogens is 264 g/mol. The van der Waals surface area contributed by atoms with Crippen LogP contribution in [0.25, 0.3) is 10.8 Å². The van der Waals surface area contributed by atoms with Gasteiger partial charge in [0.1, 0.15) is 0 Å². The van der Waals surface area contributed by atoms with Gasteiger partial charge in [-0.1, -0.05) is 6.92 Å². The molecule has 1 aromatic carbocycles. The third-order valence-electron chi connectivity index (χ3n) is 2.94. The highest BCUT2D eigenvalue weighted by molar-refractivity contribution is 8.00. The third kappa shape index (κ3) is 2.85. The summed E-state index contributed by atoms with van der Waals surface area (Å²) in [5, 5.41) is 21.9. The maximum Gasteiger partial charge on any atom is 0.277 e. The van der Waals surface area contributed by atoms with E-state index in [1.54, 1.807) is 31.5 Å². The van der Waals surface area contributed by atoms with E-state index in [4.69, 9.17) is 0 Å². The largest absolute Gasteiger partial charge is 0.392 e. The van der Waals surface area contributed by atoms with E-state index in [9.17, 15) is 15.2 Å². The van der Waals surface area contributed by atoms with Gasteiger partial charge in [-0.2, -0.15) is 0 Å². The molecule has 100 valence electrons. The van der Waals surface area contributed by atoms with Crippen molar-refractivity contribution in [3.05, 3.63) is 40.7 Å². The summed E-state index contributed by atoms with van der Waals surface area (Å²) in [4.78, 5) is 15.5. The minimum Gasteiger partial charge on any atom is -0.392 e. The molecule has 19 heavy (non-hydrogen) atoms. The molecule has 2 aromatic rings. The molecule has 0 aliphatic rings. The maximum absolute atomic E-state index is 11.0. The van der Waals surface area contributed by atoms with Gasteiger partial charge in [-0.25, -0.2) is 0 Å². The Balaban J connectivity index is 2.53. The van der Waals surface area contributed by atoms with Crippen LogP contribution in [0.15, 0.2) is 35.5 Å².